The summed E-state index contributed by atoms with van der Waals surface area (Å²) in [6.45, 7) is 2.99. The molecule has 0 aliphatic carbocycles. The minimum absolute atomic E-state index is 0.247. The Kier molecular flexibility index (Phi) is 5.69. The fourth-order valence-corrected chi connectivity index (χ4v) is 2.77. The van der Waals surface area contributed by atoms with Crippen LogP contribution in [0.4, 0.5) is 4.39 Å². The van der Waals surface area contributed by atoms with E-state index in [1.165, 1.54) is 10.9 Å². The second-order valence-corrected chi connectivity index (χ2v) is 6.61. The molecule has 2 aromatic rings. The maximum absolute atomic E-state index is 13.7. The van der Waals surface area contributed by atoms with Crippen molar-refractivity contribution in [2.75, 3.05) is 7.05 Å². The minimum Gasteiger partial charge on any atom is -0.352 e. The maximum atomic E-state index is 13.7. The highest BCUT2D eigenvalue weighted by atomic mass is 79.9. The fraction of sp³-hybridized carbons (Fsp3) is 0.286. The molecular formula is C14H16BrFN4S. The van der Waals surface area contributed by atoms with Crippen LogP contribution in [0.25, 0.3) is 0 Å². The summed E-state index contributed by atoms with van der Waals surface area (Å²) in [7, 11) is 1.68. The molecule has 0 spiro atoms. The van der Waals surface area contributed by atoms with Crippen LogP contribution in [0, 0.1) is 12.7 Å². The van der Waals surface area contributed by atoms with Crippen LogP contribution in [0.3, 0.4) is 0 Å². The van der Waals surface area contributed by atoms with E-state index in [4.69, 9.17) is 0 Å². The van der Waals surface area contributed by atoms with Gasteiger partial charge in [0.25, 0.3) is 0 Å². The van der Waals surface area contributed by atoms with Crippen LogP contribution in [-0.2, 0) is 13.1 Å². The van der Waals surface area contributed by atoms with Gasteiger partial charge >= 0.3 is 0 Å². The number of aryl methyl sites for hydroxylation is 1. The Balaban J connectivity index is 1.88. The topological polar surface area (TPSA) is 49.3 Å². The monoisotopic (exact) mass is 370 g/mol. The van der Waals surface area contributed by atoms with Crippen molar-refractivity contribution >= 4 is 33.2 Å². The number of nitrogens with zero attached hydrogens (tertiary/aromatic N) is 2. The van der Waals surface area contributed by atoms with Gasteiger partial charge in [0, 0.05) is 34.7 Å². The Morgan fingerprint density at radius 3 is 2.76 bits per heavy atom. The minimum atomic E-state index is -0.247. The summed E-state index contributed by atoms with van der Waals surface area (Å²) in [6.07, 6.45) is 1.84. The quantitative estimate of drug-likeness (QED) is 0.641. The highest BCUT2D eigenvalue weighted by Gasteiger charge is 2.05. The molecule has 0 bridgehead atoms. The summed E-state index contributed by atoms with van der Waals surface area (Å²) < 4.78 is 14.4. The smallest absolute Gasteiger partial charge is 0.191 e. The Morgan fingerprint density at radius 1 is 1.38 bits per heavy atom. The number of aromatic nitrogens is 1. The van der Waals surface area contributed by atoms with Gasteiger partial charge in [0.2, 0.25) is 0 Å². The Bertz CT molecular complexity index is 642. The van der Waals surface area contributed by atoms with Crippen molar-refractivity contribution in [3.63, 3.8) is 0 Å². The predicted molar refractivity (Wildman–Crippen MR) is 88.0 cm³/mol. The first-order chi connectivity index (χ1) is 10.1. The molecule has 0 aliphatic rings. The number of nitrogens with one attached hydrogen (secondary N) is 2. The zero-order chi connectivity index (χ0) is 15.2. The van der Waals surface area contributed by atoms with Gasteiger partial charge in [0.15, 0.2) is 5.96 Å². The molecule has 1 aromatic heterocycles. The molecule has 0 fully saturated rings. The summed E-state index contributed by atoms with van der Waals surface area (Å²) in [5.74, 6) is 0.369. The van der Waals surface area contributed by atoms with Crippen LogP contribution >= 0.6 is 27.3 Å². The lowest BCUT2D eigenvalue weighted by Gasteiger charge is -2.11. The first kappa shape index (κ1) is 15.9. The number of rotatable bonds is 4. The molecule has 1 heterocycles. The zero-order valence-corrected chi connectivity index (χ0v) is 14.2. The van der Waals surface area contributed by atoms with Crippen LogP contribution < -0.4 is 10.6 Å². The third kappa shape index (κ3) is 4.78. The van der Waals surface area contributed by atoms with E-state index in [1.54, 1.807) is 24.5 Å². The number of thiazole rings is 1. The number of aliphatic imine (C=N–C) groups is 1. The lowest BCUT2D eigenvalue weighted by molar-refractivity contribution is 0.603. The van der Waals surface area contributed by atoms with Gasteiger partial charge in [-0.25, -0.2) is 9.37 Å². The molecule has 0 saturated carbocycles. The number of hydrogen-bond acceptors (Lipinski definition) is 3. The molecule has 0 atom stereocenters. The van der Waals surface area contributed by atoms with Crippen molar-refractivity contribution < 1.29 is 4.39 Å². The number of hydrogen-bond donors (Lipinski definition) is 2. The normalized spacial score (nSPS) is 11.5. The standard InChI is InChI=1S/C14H16BrFN4S/c1-9-6-18-13(21-9)8-20-14(17-2)19-7-10-3-4-11(15)5-12(10)16/h3-6H,7-8H2,1-2H3,(H2,17,19,20). The summed E-state index contributed by atoms with van der Waals surface area (Å²) in [6, 6.07) is 5.00. The largest absolute Gasteiger partial charge is 0.352 e. The fourth-order valence-electron chi connectivity index (χ4n) is 1.71. The molecule has 0 aliphatic heterocycles. The van der Waals surface area contributed by atoms with E-state index in [9.17, 15) is 4.39 Å². The molecular weight excluding hydrogens is 355 g/mol. The van der Waals surface area contributed by atoms with E-state index < -0.39 is 0 Å². The van der Waals surface area contributed by atoms with Crippen LogP contribution in [-0.4, -0.2) is 18.0 Å². The van der Waals surface area contributed by atoms with E-state index in [2.05, 4.69) is 36.5 Å². The van der Waals surface area contributed by atoms with Crippen LogP contribution in [0.15, 0.2) is 33.9 Å². The van der Waals surface area contributed by atoms with Gasteiger partial charge in [-0.15, -0.1) is 11.3 Å². The van der Waals surface area contributed by atoms with Gasteiger partial charge in [-0.2, -0.15) is 0 Å². The van der Waals surface area contributed by atoms with Gasteiger partial charge in [-0.1, -0.05) is 22.0 Å². The van der Waals surface area contributed by atoms with Crippen molar-refractivity contribution in [1.82, 2.24) is 15.6 Å². The molecule has 2 rings (SSSR count). The van der Waals surface area contributed by atoms with Crippen LogP contribution in [0.5, 0.6) is 0 Å². The van der Waals surface area contributed by atoms with Crippen molar-refractivity contribution in [2.24, 2.45) is 4.99 Å². The summed E-state index contributed by atoms with van der Waals surface area (Å²) in [5, 5.41) is 7.23. The van der Waals surface area contributed by atoms with E-state index >= 15 is 0 Å². The second kappa shape index (κ2) is 7.51. The third-order valence-electron chi connectivity index (χ3n) is 2.76. The number of benzene rings is 1. The predicted octanol–water partition coefficient (Wildman–Crippen LogP) is 3.22. The van der Waals surface area contributed by atoms with Gasteiger partial charge in [-0.05, 0) is 19.1 Å². The summed E-state index contributed by atoms with van der Waals surface area (Å²) in [4.78, 5) is 9.56. The average Bonchev–Trinajstić information content (AvgIpc) is 2.86. The maximum Gasteiger partial charge on any atom is 0.191 e. The Hall–Kier alpha value is -1.47. The van der Waals surface area contributed by atoms with Gasteiger partial charge in [0.05, 0.1) is 6.54 Å². The zero-order valence-electron chi connectivity index (χ0n) is 11.8. The van der Waals surface area contributed by atoms with Crippen LogP contribution in [0.1, 0.15) is 15.4 Å². The molecule has 7 heteroatoms. The average molecular weight is 371 g/mol. The van der Waals surface area contributed by atoms with E-state index in [0.29, 0.717) is 24.6 Å². The van der Waals surface area contributed by atoms with Crippen molar-refractivity contribution in [3.05, 3.63) is 50.1 Å². The lowest BCUT2D eigenvalue weighted by atomic mass is 10.2. The molecule has 0 radical (unpaired) electrons. The van der Waals surface area contributed by atoms with Crippen LogP contribution in [0.2, 0.25) is 0 Å². The van der Waals surface area contributed by atoms with Crippen molar-refractivity contribution in [1.29, 1.82) is 0 Å². The van der Waals surface area contributed by atoms with Gasteiger partial charge in [-0.3, -0.25) is 4.99 Å². The number of halogens is 2. The summed E-state index contributed by atoms with van der Waals surface area (Å²) >= 11 is 4.88. The lowest BCUT2D eigenvalue weighted by Crippen LogP contribution is -2.36. The van der Waals surface area contributed by atoms with Crippen molar-refractivity contribution in [3.8, 4) is 0 Å². The Labute approximate surface area is 135 Å². The van der Waals surface area contributed by atoms with E-state index in [-0.39, 0.29) is 5.82 Å². The Morgan fingerprint density at radius 2 is 2.14 bits per heavy atom. The van der Waals surface area contributed by atoms with E-state index in [0.717, 1.165) is 9.48 Å². The first-order valence-electron chi connectivity index (χ1n) is 6.38. The van der Waals surface area contributed by atoms with Gasteiger partial charge < -0.3 is 10.6 Å². The first-order valence-corrected chi connectivity index (χ1v) is 7.99. The molecule has 1 aromatic carbocycles. The molecule has 0 unspecified atom stereocenters. The molecule has 21 heavy (non-hydrogen) atoms. The van der Waals surface area contributed by atoms with E-state index in [1.807, 2.05) is 19.2 Å². The van der Waals surface area contributed by atoms with Gasteiger partial charge in [0.1, 0.15) is 10.8 Å². The molecule has 4 nitrogen and oxygen atoms in total. The third-order valence-corrected chi connectivity index (χ3v) is 4.17. The second-order valence-electron chi connectivity index (χ2n) is 4.38. The molecule has 112 valence electrons. The molecule has 2 N–H and O–H groups in total. The highest BCUT2D eigenvalue weighted by molar-refractivity contribution is 9.10. The molecule has 0 amide bonds. The van der Waals surface area contributed by atoms with Crippen molar-refractivity contribution in [2.45, 2.75) is 20.0 Å². The molecule has 0 saturated heterocycles. The highest BCUT2D eigenvalue weighted by Crippen LogP contribution is 2.15. The number of guanidine groups is 1. The summed E-state index contributed by atoms with van der Waals surface area (Å²) in [5.41, 5.74) is 0.589. The SMILES string of the molecule is CN=C(NCc1ncc(C)s1)NCc1ccc(Br)cc1F.